The van der Waals surface area contributed by atoms with Gasteiger partial charge in [0.25, 0.3) is 0 Å². The molecule has 0 saturated carbocycles. The monoisotopic (exact) mass is 270 g/mol. The number of para-hydroxylation sites is 1. The Kier molecular flexibility index (Phi) is 5.51. The molecule has 0 atom stereocenters. The maximum absolute atomic E-state index is 11.0. The molecule has 1 aromatic carbocycles. The van der Waals surface area contributed by atoms with Crippen molar-refractivity contribution in [3.05, 3.63) is 23.8 Å². The minimum absolute atomic E-state index is 0.00381. The Balaban J connectivity index is 2.78. The van der Waals surface area contributed by atoms with E-state index in [0.717, 1.165) is 4.90 Å². The molecule has 0 aromatic heterocycles. The van der Waals surface area contributed by atoms with Crippen LogP contribution in [0.15, 0.2) is 23.1 Å². The molecule has 0 amide bonds. The number of carboxylic acids is 2. The van der Waals surface area contributed by atoms with Gasteiger partial charge in [0.1, 0.15) is 11.3 Å². The topological polar surface area (TPSA) is 83.8 Å². The van der Waals surface area contributed by atoms with E-state index in [9.17, 15) is 9.59 Å². The minimum Gasteiger partial charge on any atom is -0.491 e. The van der Waals surface area contributed by atoms with Crippen molar-refractivity contribution in [2.45, 2.75) is 17.7 Å². The molecule has 1 rings (SSSR count). The third kappa shape index (κ3) is 3.96. The molecule has 0 spiro atoms. The molecule has 6 heteroatoms. The lowest BCUT2D eigenvalue weighted by molar-refractivity contribution is -0.137. The van der Waals surface area contributed by atoms with Gasteiger partial charge in [-0.1, -0.05) is 6.07 Å². The molecule has 0 unspecified atom stereocenters. The zero-order valence-corrected chi connectivity index (χ0v) is 10.7. The summed E-state index contributed by atoms with van der Waals surface area (Å²) in [6.45, 7) is 0.185. The number of rotatable bonds is 7. The van der Waals surface area contributed by atoms with Crippen molar-refractivity contribution in [2.75, 3.05) is 12.9 Å². The van der Waals surface area contributed by atoms with Gasteiger partial charge in [-0.2, -0.15) is 0 Å². The highest BCUT2D eigenvalue weighted by Crippen LogP contribution is 2.31. The van der Waals surface area contributed by atoms with Crippen LogP contribution in [0, 0.1) is 0 Å². The summed E-state index contributed by atoms with van der Waals surface area (Å²) in [5.74, 6) is -1.64. The molecule has 0 aliphatic heterocycles. The summed E-state index contributed by atoms with van der Waals surface area (Å²) >= 11 is 1.39. The van der Waals surface area contributed by atoms with Crippen LogP contribution in [-0.2, 0) is 4.79 Å². The molecule has 0 bridgehead atoms. The van der Waals surface area contributed by atoms with E-state index in [1.165, 1.54) is 17.8 Å². The van der Waals surface area contributed by atoms with Crippen molar-refractivity contribution in [3.63, 3.8) is 0 Å². The van der Waals surface area contributed by atoms with E-state index in [2.05, 4.69) is 0 Å². The third-order valence-corrected chi connectivity index (χ3v) is 2.97. The molecule has 0 fully saturated rings. The maximum atomic E-state index is 11.0. The highest BCUT2D eigenvalue weighted by Gasteiger charge is 2.15. The van der Waals surface area contributed by atoms with Crippen LogP contribution in [0.3, 0.4) is 0 Å². The average molecular weight is 270 g/mol. The highest BCUT2D eigenvalue weighted by molar-refractivity contribution is 7.98. The number of hydrogen-bond donors (Lipinski definition) is 2. The Bertz CT molecular complexity index is 444. The quantitative estimate of drug-likeness (QED) is 0.584. The van der Waals surface area contributed by atoms with Gasteiger partial charge in [-0.25, -0.2) is 4.79 Å². The number of aromatic carboxylic acids is 1. The van der Waals surface area contributed by atoms with Crippen molar-refractivity contribution < 1.29 is 24.5 Å². The van der Waals surface area contributed by atoms with E-state index in [-0.39, 0.29) is 18.6 Å². The first-order chi connectivity index (χ1) is 8.56. The van der Waals surface area contributed by atoms with E-state index in [1.54, 1.807) is 12.1 Å². The number of aliphatic carboxylic acids is 1. The van der Waals surface area contributed by atoms with E-state index in [0.29, 0.717) is 12.2 Å². The first kappa shape index (κ1) is 14.4. The minimum atomic E-state index is -1.06. The van der Waals surface area contributed by atoms with Crippen LogP contribution in [0.5, 0.6) is 5.75 Å². The lowest BCUT2D eigenvalue weighted by Crippen LogP contribution is -2.07. The van der Waals surface area contributed by atoms with Gasteiger partial charge in [-0.3, -0.25) is 4.79 Å². The van der Waals surface area contributed by atoms with E-state index < -0.39 is 11.9 Å². The van der Waals surface area contributed by atoms with Crippen LogP contribution in [-0.4, -0.2) is 35.0 Å². The largest absolute Gasteiger partial charge is 0.491 e. The molecule has 0 radical (unpaired) electrons. The summed E-state index contributed by atoms with van der Waals surface area (Å²) in [5.41, 5.74) is 0.0946. The summed E-state index contributed by atoms with van der Waals surface area (Å²) in [7, 11) is 0. The molecule has 98 valence electrons. The fourth-order valence-corrected chi connectivity index (χ4v) is 1.96. The van der Waals surface area contributed by atoms with E-state index >= 15 is 0 Å². The van der Waals surface area contributed by atoms with Gasteiger partial charge in [-0.05, 0) is 24.8 Å². The first-order valence-electron chi connectivity index (χ1n) is 5.31. The SMILES string of the molecule is CSc1cccc(C(=O)O)c1OCCCC(=O)O. The molecule has 0 saturated heterocycles. The standard InChI is InChI=1S/C12H14O5S/c1-18-9-5-2-4-8(12(15)16)11(9)17-7-3-6-10(13)14/h2,4-5H,3,6-7H2,1H3,(H,13,14)(H,15,16). The van der Waals surface area contributed by atoms with Crippen LogP contribution in [0.1, 0.15) is 23.2 Å². The van der Waals surface area contributed by atoms with Crippen LogP contribution in [0.4, 0.5) is 0 Å². The highest BCUT2D eigenvalue weighted by atomic mass is 32.2. The molecular weight excluding hydrogens is 256 g/mol. The summed E-state index contributed by atoms with van der Waals surface area (Å²) in [5, 5.41) is 17.5. The van der Waals surface area contributed by atoms with Gasteiger partial charge in [0.2, 0.25) is 0 Å². The number of thioether (sulfide) groups is 1. The molecule has 1 aromatic rings. The van der Waals surface area contributed by atoms with Gasteiger partial charge >= 0.3 is 11.9 Å². The van der Waals surface area contributed by atoms with Crippen molar-refractivity contribution in [1.82, 2.24) is 0 Å². The van der Waals surface area contributed by atoms with Crippen LogP contribution in [0.25, 0.3) is 0 Å². The summed E-state index contributed by atoms with van der Waals surface area (Å²) in [6, 6.07) is 4.89. The maximum Gasteiger partial charge on any atom is 0.339 e. The van der Waals surface area contributed by atoms with Gasteiger partial charge in [-0.15, -0.1) is 11.8 Å². The second kappa shape index (κ2) is 6.90. The van der Waals surface area contributed by atoms with Crippen molar-refractivity contribution >= 4 is 23.7 Å². The Hall–Kier alpha value is -1.69. The second-order valence-electron chi connectivity index (χ2n) is 3.49. The number of carbonyl (C=O) groups is 2. The predicted octanol–water partition coefficient (Wildman–Crippen LogP) is 2.35. The Morgan fingerprint density at radius 3 is 2.61 bits per heavy atom. The fourth-order valence-electron chi connectivity index (χ4n) is 1.39. The van der Waals surface area contributed by atoms with Gasteiger partial charge in [0.15, 0.2) is 0 Å². The lowest BCUT2D eigenvalue weighted by Gasteiger charge is -2.12. The molecular formula is C12H14O5S. The second-order valence-corrected chi connectivity index (χ2v) is 4.34. The van der Waals surface area contributed by atoms with Crippen molar-refractivity contribution in [1.29, 1.82) is 0 Å². The van der Waals surface area contributed by atoms with Crippen LogP contribution < -0.4 is 4.74 Å². The summed E-state index contributed by atoms with van der Waals surface area (Å²) in [6.07, 6.45) is 2.17. The Labute approximate surface area is 109 Å². The van der Waals surface area contributed by atoms with Crippen molar-refractivity contribution in [2.24, 2.45) is 0 Å². The zero-order chi connectivity index (χ0) is 13.5. The number of benzene rings is 1. The number of hydrogen-bond acceptors (Lipinski definition) is 4. The summed E-state index contributed by atoms with van der Waals surface area (Å²) < 4.78 is 5.41. The van der Waals surface area contributed by atoms with Gasteiger partial charge in [0, 0.05) is 11.3 Å². The van der Waals surface area contributed by atoms with E-state index in [1.807, 2.05) is 6.26 Å². The number of carboxylic acid groups (broad SMARTS) is 2. The Morgan fingerprint density at radius 1 is 1.33 bits per heavy atom. The summed E-state index contributed by atoms with van der Waals surface area (Å²) in [4.78, 5) is 22.1. The van der Waals surface area contributed by atoms with Gasteiger partial charge in [0.05, 0.1) is 6.61 Å². The van der Waals surface area contributed by atoms with Crippen LogP contribution in [0.2, 0.25) is 0 Å². The molecule has 0 heterocycles. The Morgan fingerprint density at radius 2 is 2.06 bits per heavy atom. The normalized spacial score (nSPS) is 10.1. The number of ether oxygens (including phenoxy) is 1. The van der Waals surface area contributed by atoms with Crippen LogP contribution >= 0.6 is 11.8 Å². The van der Waals surface area contributed by atoms with Crippen molar-refractivity contribution in [3.8, 4) is 5.75 Å². The molecule has 5 nitrogen and oxygen atoms in total. The molecule has 2 N–H and O–H groups in total. The molecule has 0 aliphatic rings. The molecule has 0 aliphatic carbocycles. The fraction of sp³-hybridized carbons (Fsp3) is 0.333. The predicted molar refractivity (Wildman–Crippen MR) is 67.5 cm³/mol. The smallest absolute Gasteiger partial charge is 0.339 e. The third-order valence-electron chi connectivity index (χ3n) is 2.21. The molecule has 18 heavy (non-hydrogen) atoms. The first-order valence-corrected chi connectivity index (χ1v) is 6.53. The average Bonchev–Trinajstić information content (AvgIpc) is 2.33. The zero-order valence-electron chi connectivity index (χ0n) is 9.88. The van der Waals surface area contributed by atoms with Gasteiger partial charge < -0.3 is 14.9 Å². The van der Waals surface area contributed by atoms with E-state index in [4.69, 9.17) is 14.9 Å². The lowest BCUT2D eigenvalue weighted by atomic mass is 10.2.